The molecule has 8 nitrogen and oxygen atoms in total. The zero-order valence-electron chi connectivity index (χ0n) is 16.1. The van der Waals surface area contributed by atoms with Crippen LogP contribution >= 0.6 is 11.6 Å². The first kappa shape index (κ1) is 19.6. The van der Waals surface area contributed by atoms with E-state index in [1.54, 1.807) is 6.33 Å². The summed E-state index contributed by atoms with van der Waals surface area (Å²) in [4.78, 5) is 24.7. The highest BCUT2D eigenvalue weighted by molar-refractivity contribution is 6.28. The van der Waals surface area contributed by atoms with E-state index in [9.17, 15) is 4.79 Å². The molecule has 2 aromatic heterocycles. The van der Waals surface area contributed by atoms with E-state index in [0.717, 1.165) is 37.0 Å². The highest BCUT2D eigenvalue weighted by atomic mass is 35.5. The molecule has 9 heteroatoms. The van der Waals surface area contributed by atoms with Crippen LogP contribution in [0, 0.1) is 0 Å². The van der Waals surface area contributed by atoms with E-state index in [-0.39, 0.29) is 23.9 Å². The van der Waals surface area contributed by atoms with Gasteiger partial charge < -0.3 is 19.4 Å². The quantitative estimate of drug-likeness (QED) is 0.488. The molecule has 1 aromatic carbocycles. The Morgan fingerprint density at radius 1 is 1.34 bits per heavy atom. The van der Waals surface area contributed by atoms with Crippen LogP contribution in [0.3, 0.4) is 0 Å². The van der Waals surface area contributed by atoms with Crippen molar-refractivity contribution < 1.29 is 14.3 Å². The maximum absolute atomic E-state index is 11.5. The van der Waals surface area contributed by atoms with Gasteiger partial charge in [0.25, 0.3) is 0 Å². The molecule has 0 spiro atoms. The third-order valence-electron chi connectivity index (χ3n) is 4.83. The molecular weight excluding hydrogens is 394 g/mol. The molecule has 29 heavy (non-hydrogen) atoms. The first-order valence-corrected chi connectivity index (χ1v) is 9.91. The topological polar surface area (TPSA) is 91.2 Å². The van der Waals surface area contributed by atoms with Gasteiger partial charge in [0.2, 0.25) is 5.28 Å². The number of carbonyl (C=O) groups is 1. The Bertz CT molecular complexity index is 1020. The lowest BCUT2D eigenvalue weighted by Gasteiger charge is -2.23. The summed E-state index contributed by atoms with van der Waals surface area (Å²) in [5, 5.41) is 3.44. The number of hydrogen-bond acceptors (Lipinski definition) is 7. The largest absolute Gasteiger partial charge is 0.469 e. The van der Waals surface area contributed by atoms with Gasteiger partial charge in [0.05, 0.1) is 26.4 Å². The number of ether oxygens (including phenoxy) is 2. The summed E-state index contributed by atoms with van der Waals surface area (Å²) >= 11 is 6.18. The van der Waals surface area contributed by atoms with Crippen LogP contribution in [0.25, 0.3) is 11.2 Å². The van der Waals surface area contributed by atoms with Crippen molar-refractivity contribution in [3.8, 4) is 0 Å². The lowest BCUT2D eigenvalue weighted by molar-refractivity contribution is -0.139. The molecule has 1 fully saturated rings. The van der Waals surface area contributed by atoms with Crippen LogP contribution in [-0.4, -0.2) is 45.4 Å². The Morgan fingerprint density at radius 3 is 3.00 bits per heavy atom. The molecule has 1 atom stereocenters. The van der Waals surface area contributed by atoms with E-state index in [2.05, 4.69) is 20.3 Å². The summed E-state index contributed by atoms with van der Waals surface area (Å²) in [5.41, 5.74) is 3.20. The predicted octanol–water partition coefficient (Wildman–Crippen LogP) is 3.18. The standard InChI is InChI=1S/C20H22ClN5O3/c1-28-16(27)10-13-5-4-6-14(9-13)11-26-12-22-17-18(24-20(21)25-19(17)26)23-15-7-2-3-8-29-15/h4-6,9,12,15H,2-3,7-8,10-11H2,1H3,(H,23,24,25). The SMILES string of the molecule is COC(=O)Cc1cccc(Cn2cnc3c(NC4CCCCO4)nc(Cl)nc32)c1. The summed E-state index contributed by atoms with van der Waals surface area (Å²) in [5.74, 6) is 0.306. The monoisotopic (exact) mass is 415 g/mol. The molecule has 1 unspecified atom stereocenters. The second-order valence-corrected chi connectivity index (χ2v) is 7.30. The van der Waals surface area contributed by atoms with Gasteiger partial charge in [-0.25, -0.2) is 4.98 Å². The highest BCUT2D eigenvalue weighted by Crippen LogP contribution is 2.24. The lowest BCUT2D eigenvalue weighted by atomic mass is 10.1. The number of nitrogens with one attached hydrogen (secondary N) is 1. The van der Waals surface area contributed by atoms with Crippen LogP contribution in [0.5, 0.6) is 0 Å². The maximum atomic E-state index is 11.5. The Hall–Kier alpha value is -2.71. The van der Waals surface area contributed by atoms with E-state index in [1.807, 2.05) is 28.8 Å². The van der Waals surface area contributed by atoms with Crippen molar-refractivity contribution in [3.05, 3.63) is 47.0 Å². The molecular formula is C20H22ClN5O3. The molecule has 0 aliphatic carbocycles. The highest BCUT2D eigenvalue weighted by Gasteiger charge is 2.19. The minimum Gasteiger partial charge on any atom is -0.469 e. The minimum absolute atomic E-state index is 0.0990. The first-order valence-electron chi connectivity index (χ1n) is 9.53. The van der Waals surface area contributed by atoms with Crippen LogP contribution in [-0.2, 0) is 27.2 Å². The van der Waals surface area contributed by atoms with Gasteiger partial charge in [0, 0.05) is 6.61 Å². The summed E-state index contributed by atoms with van der Waals surface area (Å²) in [6, 6.07) is 7.78. The number of anilines is 1. The average molecular weight is 416 g/mol. The zero-order valence-corrected chi connectivity index (χ0v) is 16.9. The molecule has 1 N–H and O–H groups in total. The third-order valence-corrected chi connectivity index (χ3v) is 5.00. The molecule has 1 aliphatic heterocycles. The predicted molar refractivity (Wildman–Crippen MR) is 109 cm³/mol. The molecule has 0 saturated carbocycles. The molecule has 0 radical (unpaired) electrons. The number of halogens is 1. The zero-order chi connectivity index (χ0) is 20.2. The molecule has 1 saturated heterocycles. The number of nitrogens with zero attached hydrogens (tertiary/aromatic N) is 4. The Morgan fingerprint density at radius 2 is 2.21 bits per heavy atom. The number of benzene rings is 1. The second kappa shape index (κ2) is 8.75. The van der Waals surface area contributed by atoms with Crippen molar-refractivity contribution in [1.82, 2.24) is 19.5 Å². The number of carbonyl (C=O) groups excluding carboxylic acids is 1. The van der Waals surface area contributed by atoms with Crippen molar-refractivity contribution in [2.45, 2.75) is 38.5 Å². The van der Waals surface area contributed by atoms with Crippen molar-refractivity contribution in [2.75, 3.05) is 19.0 Å². The number of aromatic nitrogens is 4. The first-order chi connectivity index (χ1) is 14.1. The van der Waals surface area contributed by atoms with Gasteiger partial charge in [0.15, 0.2) is 17.0 Å². The molecule has 3 heterocycles. The van der Waals surface area contributed by atoms with E-state index >= 15 is 0 Å². The molecule has 4 rings (SSSR count). The van der Waals surface area contributed by atoms with Crippen LogP contribution < -0.4 is 5.32 Å². The second-order valence-electron chi connectivity index (χ2n) is 6.96. The number of fused-ring (bicyclic) bond motifs is 1. The molecule has 0 amide bonds. The average Bonchev–Trinajstić information content (AvgIpc) is 3.11. The number of imidazole rings is 1. The maximum Gasteiger partial charge on any atom is 0.309 e. The van der Waals surface area contributed by atoms with Crippen molar-refractivity contribution in [2.24, 2.45) is 0 Å². The van der Waals surface area contributed by atoms with Crippen LogP contribution in [0.15, 0.2) is 30.6 Å². The Kier molecular flexibility index (Phi) is 5.92. The number of hydrogen-bond donors (Lipinski definition) is 1. The van der Waals surface area contributed by atoms with Gasteiger partial charge in [-0.2, -0.15) is 9.97 Å². The van der Waals surface area contributed by atoms with Crippen LogP contribution in [0.2, 0.25) is 5.28 Å². The number of rotatable bonds is 6. The van der Waals surface area contributed by atoms with Gasteiger partial charge >= 0.3 is 5.97 Å². The summed E-state index contributed by atoms with van der Waals surface area (Å²) in [7, 11) is 1.39. The van der Waals surface area contributed by atoms with Gasteiger partial charge in [-0.1, -0.05) is 24.3 Å². The van der Waals surface area contributed by atoms with E-state index < -0.39 is 0 Å². The fourth-order valence-electron chi connectivity index (χ4n) is 3.41. The van der Waals surface area contributed by atoms with Crippen LogP contribution in [0.4, 0.5) is 5.82 Å². The summed E-state index contributed by atoms with van der Waals surface area (Å²) in [6.45, 7) is 1.27. The van der Waals surface area contributed by atoms with E-state index in [4.69, 9.17) is 21.1 Å². The molecule has 1 aliphatic rings. The van der Waals surface area contributed by atoms with Crippen molar-refractivity contribution >= 4 is 34.6 Å². The van der Waals surface area contributed by atoms with Gasteiger partial charge in [-0.05, 0) is 42.0 Å². The number of esters is 1. The fraction of sp³-hybridized carbons (Fsp3) is 0.400. The third kappa shape index (κ3) is 4.65. The van der Waals surface area contributed by atoms with Crippen LogP contribution in [0.1, 0.15) is 30.4 Å². The van der Waals surface area contributed by atoms with Crippen molar-refractivity contribution in [3.63, 3.8) is 0 Å². The molecule has 0 bridgehead atoms. The summed E-state index contributed by atoms with van der Waals surface area (Å²) in [6.07, 6.45) is 4.95. The van der Waals surface area contributed by atoms with Gasteiger partial charge in [-0.15, -0.1) is 0 Å². The van der Waals surface area contributed by atoms with E-state index in [1.165, 1.54) is 7.11 Å². The fourth-order valence-corrected chi connectivity index (χ4v) is 3.58. The molecule has 3 aromatic rings. The minimum atomic E-state index is -0.268. The number of methoxy groups -OCH3 is 1. The normalized spacial score (nSPS) is 16.7. The Balaban J connectivity index is 1.59. The van der Waals surface area contributed by atoms with Gasteiger partial charge in [0.1, 0.15) is 6.23 Å². The smallest absolute Gasteiger partial charge is 0.309 e. The van der Waals surface area contributed by atoms with E-state index in [0.29, 0.717) is 23.5 Å². The molecule has 152 valence electrons. The van der Waals surface area contributed by atoms with Crippen molar-refractivity contribution in [1.29, 1.82) is 0 Å². The Labute approximate surface area is 173 Å². The summed E-state index contributed by atoms with van der Waals surface area (Å²) < 4.78 is 12.4. The lowest BCUT2D eigenvalue weighted by Crippen LogP contribution is -2.27. The van der Waals surface area contributed by atoms with Gasteiger partial charge in [-0.3, -0.25) is 4.79 Å².